The van der Waals surface area contributed by atoms with Crippen LogP contribution < -0.4 is 11.1 Å². The monoisotopic (exact) mass is 258 g/mol. The van der Waals surface area contributed by atoms with Crippen LogP contribution in [0, 0.1) is 0 Å². The lowest BCUT2D eigenvalue weighted by Crippen LogP contribution is -2.26. The second-order valence-corrected chi connectivity index (χ2v) is 4.24. The van der Waals surface area contributed by atoms with Crippen LogP contribution in [0.5, 0.6) is 0 Å². The molecule has 1 rings (SSSR count). The van der Waals surface area contributed by atoms with E-state index in [0.717, 1.165) is 0 Å². The van der Waals surface area contributed by atoms with Gasteiger partial charge in [-0.05, 0) is 12.7 Å². The number of methoxy groups -OCH3 is 1. The summed E-state index contributed by atoms with van der Waals surface area (Å²) in [5.74, 6) is 1.03. The molecule has 17 heavy (non-hydrogen) atoms. The first-order valence-electron chi connectivity index (χ1n) is 5.24. The lowest BCUT2D eigenvalue weighted by atomic mass is 10.2. The van der Waals surface area contributed by atoms with Gasteiger partial charge in [0.15, 0.2) is 5.16 Å². The van der Waals surface area contributed by atoms with Gasteiger partial charge in [0.1, 0.15) is 11.6 Å². The van der Waals surface area contributed by atoms with Gasteiger partial charge in [0.05, 0.1) is 12.6 Å². The fourth-order valence-corrected chi connectivity index (χ4v) is 1.67. The molecule has 0 saturated heterocycles. The highest BCUT2D eigenvalue weighted by Gasteiger charge is 2.09. The van der Waals surface area contributed by atoms with Gasteiger partial charge < -0.3 is 20.9 Å². The minimum absolute atomic E-state index is 0.0157. The SMILES string of the molecule is COCCC(CO)Nc1cc(N)nc(SC)n1. The van der Waals surface area contributed by atoms with Crippen LogP contribution in [0.15, 0.2) is 11.2 Å². The highest BCUT2D eigenvalue weighted by atomic mass is 32.2. The summed E-state index contributed by atoms with van der Waals surface area (Å²) >= 11 is 1.42. The minimum atomic E-state index is -0.0982. The molecule has 1 aromatic rings. The first-order valence-corrected chi connectivity index (χ1v) is 6.47. The molecule has 0 radical (unpaired) electrons. The van der Waals surface area contributed by atoms with Crippen LogP contribution in [0.2, 0.25) is 0 Å². The first-order chi connectivity index (χ1) is 8.19. The van der Waals surface area contributed by atoms with Gasteiger partial charge in [-0.1, -0.05) is 11.8 Å². The van der Waals surface area contributed by atoms with E-state index in [-0.39, 0.29) is 12.6 Å². The predicted octanol–water partition coefficient (Wildman–Crippen LogP) is 0.590. The quantitative estimate of drug-likeness (QED) is 0.487. The number of anilines is 2. The summed E-state index contributed by atoms with van der Waals surface area (Å²) in [5, 5.41) is 12.9. The standard InChI is InChI=1S/C10H18N4O2S/c1-16-4-3-7(6-15)12-9-5-8(11)13-10(14-9)17-2/h5,7,15H,3-4,6H2,1-2H3,(H3,11,12,13,14). The van der Waals surface area contributed by atoms with Crippen molar-refractivity contribution in [2.24, 2.45) is 0 Å². The number of aromatic nitrogens is 2. The molecule has 1 heterocycles. The molecule has 0 aromatic carbocycles. The molecule has 0 aliphatic carbocycles. The summed E-state index contributed by atoms with van der Waals surface area (Å²) in [6.45, 7) is 0.593. The zero-order chi connectivity index (χ0) is 12.7. The van der Waals surface area contributed by atoms with Crippen molar-refractivity contribution in [2.75, 3.05) is 37.6 Å². The van der Waals surface area contributed by atoms with Gasteiger partial charge in [0.25, 0.3) is 0 Å². The number of hydrogen-bond acceptors (Lipinski definition) is 7. The molecule has 7 heteroatoms. The number of aliphatic hydroxyl groups is 1. The minimum Gasteiger partial charge on any atom is -0.394 e. The number of hydrogen-bond donors (Lipinski definition) is 3. The zero-order valence-electron chi connectivity index (χ0n) is 10.0. The molecule has 0 saturated carbocycles. The van der Waals surface area contributed by atoms with Crippen LogP contribution in [0.1, 0.15) is 6.42 Å². The van der Waals surface area contributed by atoms with Crippen molar-refractivity contribution in [2.45, 2.75) is 17.6 Å². The third-order valence-electron chi connectivity index (χ3n) is 2.15. The molecule has 0 bridgehead atoms. The second-order valence-electron chi connectivity index (χ2n) is 3.47. The molecule has 1 aromatic heterocycles. The fourth-order valence-electron chi connectivity index (χ4n) is 1.29. The number of rotatable bonds is 7. The molecule has 0 spiro atoms. The van der Waals surface area contributed by atoms with E-state index in [9.17, 15) is 5.11 Å². The maximum atomic E-state index is 9.21. The van der Waals surface area contributed by atoms with Gasteiger partial charge in [0.2, 0.25) is 0 Å². The molecule has 4 N–H and O–H groups in total. The van der Waals surface area contributed by atoms with E-state index >= 15 is 0 Å². The highest BCUT2D eigenvalue weighted by molar-refractivity contribution is 7.98. The molecule has 0 aliphatic heterocycles. The lowest BCUT2D eigenvalue weighted by Gasteiger charge is -2.16. The van der Waals surface area contributed by atoms with Crippen molar-refractivity contribution in [1.82, 2.24) is 9.97 Å². The Morgan fingerprint density at radius 2 is 2.35 bits per heavy atom. The summed E-state index contributed by atoms with van der Waals surface area (Å²) in [5.41, 5.74) is 5.66. The maximum absolute atomic E-state index is 9.21. The van der Waals surface area contributed by atoms with E-state index in [1.54, 1.807) is 13.2 Å². The molecular formula is C10H18N4O2S. The van der Waals surface area contributed by atoms with Crippen molar-refractivity contribution >= 4 is 23.4 Å². The molecule has 0 fully saturated rings. The van der Waals surface area contributed by atoms with E-state index in [1.165, 1.54) is 11.8 Å². The van der Waals surface area contributed by atoms with Crippen LogP contribution in [0.3, 0.4) is 0 Å². The summed E-state index contributed by atoms with van der Waals surface area (Å²) < 4.78 is 4.97. The molecule has 1 unspecified atom stereocenters. The van der Waals surface area contributed by atoms with E-state index in [1.807, 2.05) is 6.26 Å². The number of nitrogen functional groups attached to an aromatic ring is 1. The van der Waals surface area contributed by atoms with Gasteiger partial charge in [-0.15, -0.1) is 0 Å². The Kier molecular flexibility index (Phi) is 6.03. The summed E-state index contributed by atoms with van der Waals surface area (Å²) in [6, 6.07) is 1.55. The number of ether oxygens (including phenoxy) is 1. The van der Waals surface area contributed by atoms with E-state index in [4.69, 9.17) is 10.5 Å². The van der Waals surface area contributed by atoms with E-state index in [0.29, 0.717) is 29.8 Å². The number of aliphatic hydroxyl groups excluding tert-OH is 1. The van der Waals surface area contributed by atoms with Gasteiger partial charge in [0, 0.05) is 19.8 Å². The Bertz CT molecular complexity index is 351. The van der Waals surface area contributed by atoms with Gasteiger partial charge in [-0.3, -0.25) is 0 Å². The third-order valence-corrected chi connectivity index (χ3v) is 2.70. The van der Waals surface area contributed by atoms with Crippen molar-refractivity contribution in [3.8, 4) is 0 Å². The van der Waals surface area contributed by atoms with Crippen molar-refractivity contribution in [3.63, 3.8) is 0 Å². The Morgan fingerprint density at radius 3 is 2.94 bits per heavy atom. The topological polar surface area (TPSA) is 93.3 Å². The average molecular weight is 258 g/mol. The number of thioether (sulfide) groups is 1. The Labute approximate surface area is 105 Å². The second kappa shape index (κ2) is 7.31. The summed E-state index contributed by atoms with van der Waals surface area (Å²) in [4.78, 5) is 8.31. The highest BCUT2D eigenvalue weighted by Crippen LogP contribution is 2.16. The Morgan fingerprint density at radius 1 is 1.59 bits per heavy atom. The Hall–Kier alpha value is -1.05. The van der Waals surface area contributed by atoms with Gasteiger partial charge >= 0.3 is 0 Å². The van der Waals surface area contributed by atoms with E-state index < -0.39 is 0 Å². The fraction of sp³-hybridized carbons (Fsp3) is 0.600. The molecule has 0 amide bonds. The molecule has 1 atom stereocenters. The number of nitrogens with one attached hydrogen (secondary N) is 1. The van der Waals surface area contributed by atoms with Crippen molar-refractivity contribution in [3.05, 3.63) is 6.07 Å². The van der Waals surface area contributed by atoms with Crippen molar-refractivity contribution in [1.29, 1.82) is 0 Å². The van der Waals surface area contributed by atoms with Gasteiger partial charge in [-0.25, -0.2) is 9.97 Å². The van der Waals surface area contributed by atoms with E-state index in [2.05, 4.69) is 15.3 Å². The Balaban J connectivity index is 2.68. The van der Waals surface area contributed by atoms with Crippen LogP contribution in [0.4, 0.5) is 11.6 Å². The summed E-state index contributed by atoms with van der Waals surface area (Å²) in [7, 11) is 1.63. The summed E-state index contributed by atoms with van der Waals surface area (Å²) in [6.07, 6.45) is 2.58. The van der Waals surface area contributed by atoms with Crippen LogP contribution >= 0.6 is 11.8 Å². The third kappa shape index (κ3) is 4.76. The largest absolute Gasteiger partial charge is 0.394 e. The predicted molar refractivity (Wildman–Crippen MR) is 69.2 cm³/mol. The smallest absolute Gasteiger partial charge is 0.191 e. The van der Waals surface area contributed by atoms with Crippen molar-refractivity contribution < 1.29 is 9.84 Å². The zero-order valence-corrected chi connectivity index (χ0v) is 10.8. The molecule has 6 nitrogen and oxygen atoms in total. The first kappa shape index (κ1) is 14.0. The van der Waals surface area contributed by atoms with Crippen LogP contribution in [0.25, 0.3) is 0 Å². The van der Waals surface area contributed by atoms with Crippen LogP contribution in [-0.4, -0.2) is 47.7 Å². The average Bonchev–Trinajstić information content (AvgIpc) is 2.33. The maximum Gasteiger partial charge on any atom is 0.191 e. The number of nitrogens with zero attached hydrogens (tertiary/aromatic N) is 2. The molecular weight excluding hydrogens is 240 g/mol. The number of nitrogens with two attached hydrogens (primary N) is 1. The van der Waals surface area contributed by atoms with Crippen LogP contribution in [-0.2, 0) is 4.74 Å². The lowest BCUT2D eigenvalue weighted by molar-refractivity contribution is 0.174. The molecule has 0 aliphatic rings. The van der Waals surface area contributed by atoms with Gasteiger partial charge in [-0.2, -0.15) is 0 Å². The molecule has 96 valence electrons. The normalized spacial score (nSPS) is 12.4.